The Kier molecular flexibility index (Phi) is 8.98. The molecular formula is C22H38Cl2O4Si3. The number of hydrogen-bond acceptors (Lipinski definition) is 4. The summed E-state index contributed by atoms with van der Waals surface area (Å²) in [6, 6.07) is 0. The highest BCUT2D eigenvalue weighted by atomic mass is 35.5. The second-order valence-electron chi connectivity index (χ2n) is 10.3. The SMILES string of the molecule is CC1=C([SiH2]C2=C(C)CC(Cl)=C2OC(C)O[Si](C)(C)C)C(OC(C)O[Si](C)(C)C)=C(Cl)C1. The third kappa shape index (κ3) is 7.91. The minimum atomic E-state index is -1.72. The van der Waals surface area contributed by atoms with Gasteiger partial charge in [-0.05, 0) is 77.4 Å². The van der Waals surface area contributed by atoms with Gasteiger partial charge in [0.25, 0.3) is 0 Å². The van der Waals surface area contributed by atoms with Gasteiger partial charge in [-0.2, -0.15) is 0 Å². The highest BCUT2D eigenvalue weighted by Gasteiger charge is 2.32. The molecule has 176 valence electrons. The molecule has 0 N–H and O–H groups in total. The molecular weight excluding hydrogens is 483 g/mol. The van der Waals surface area contributed by atoms with Crippen molar-refractivity contribution < 1.29 is 18.3 Å². The molecule has 0 aliphatic heterocycles. The maximum atomic E-state index is 6.62. The van der Waals surface area contributed by atoms with Crippen LogP contribution < -0.4 is 0 Å². The molecule has 4 nitrogen and oxygen atoms in total. The van der Waals surface area contributed by atoms with Gasteiger partial charge in [-0.25, -0.2) is 0 Å². The van der Waals surface area contributed by atoms with Crippen LogP contribution in [0.4, 0.5) is 0 Å². The second-order valence-corrected chi connectivity index (χ2v) is 21.9. The summed E-state index contributed by atoms with van der Waals surface area (Å²) in [6.07, 6.45) is 0.801. The van der Waals surface area contributed by atoms with Gasteiger partial charge in [0, 0.05) is 12.8 Å². The van der Waals surface area contributed by atoms with Gasteiger partial charge >= 0.3 is 0 Å². The summed E-state index contributed by atoms with van der Waals surface area (Å²) in [7, 11) is -4.36. The molecule has 2 rings (SSSR count). The molecule has 0 bridgehead atoms. The molecule has 0 saturated heterocycles. The summed E-state index contributed by atoms with van der Waals surface area (Å²) in [5, 5.41) is 3.98. The van der Waals surface area contributed by atoms with Crippen molar-refractivity contribution in [1.29, 1.82) is 0 Å². The smallest absolute Gasteiger partial charge is 0.188 e. The minimum absolute atomic E-state index is 0.330. The first-order valence-electron chi connectivity index (χ1n) is 10.9. The molecule has 0 amide bonds. The standard InChI is InChI=1S/C22H38Cl2O4Si3/c1-13-11-17(23)19(25-15(3)27-30(5,6)7)21(13)29-22-14(2)12-18(24)20(22)26-16(4)28-31(8,9)10/h15-16H,11-12,29H2,1-10H3. The topological polar surface area (TPSA) is 36.9 Å². The quantitative estimate of drug-likeness (QED) is 0.233. The van der Waals surface area contributed by atoms with Crippen molar-refractivity contribution in [3.63, 3.8) is 0 Å². The van der Waals surface area contributed by atoms with Crippen molar-refractivity contribution in [2.24, 2.45) is 0 Å². The normalized spacial score (nSPS) is 20.6. The molecule has 0 aromatic carbocycles. The maximum Gasteiger partial charge on any atom is 0.188 e. The van der Waals surface area contributed by atoms with Crippen molar-refractivity contribution in [2.75, 3.05) is 0 Å². The molecule has 2 aliphatic carbocycles. The number of ether oxygens (including phenoxy) is 2. The zero-order valence-electron chi connectivity index (χ0n) is 20.7. The molecule has 31 heavy (non-hydrogen) atoms. The number of rotatable bonds is 10. The molecule has 0 heterocycles. The molecule has 0 fully saturated rings. The van der Waals surface area contributed by atoms with Crippen LogP contribution in [0.2, 0.25) is 39.3 Å². The van der Waals surface area contributed by atoms with Crippen LogP contribution in [0.1, 0.15) is 40.5 Å². The summed E-state index contributed by atoms with van der Waals surface area (Å²) in [4.78, 5) is 0. The van der Waals surface area contributed by atoms with Crippen LogP contribution in [0.3, 0.4) is 0 Å². The Balaban J connectivity index is 2.21. The zero-order chi connectivity index (χ0) is 23.7. The summed E-state index contributed by atoms with van der Waals surface area (Å²) < 4.78 is 24.7. The first-order valence-corrected chi connectivity index (χ1v) is 19.9. The van der Waals surface area contributed by atoms with Gasteiger partial charge in [-0.15, -0.1) is 0 Å². The summed E-state index contributed by atoms with van der Waals surface area (Å²) in [5.74, 6) is 1.59. The Bertz CT molecular complexity index is 765. The van der Waals surface area contributed by atoms with Crippen LogP contribution in [0.5, 0.6) is 0 Å². The van der Waals surface area contributed by atoms with Crippen LogP contribution in [0.25, 0.3) is 0 Å². The molecule has 0 spiro atoms. The van der Waals surface area contributed by atoms with Gasteiger partial charge in [0.15, 0.2) is 29.2 Å². The van der Waals surface area contributed by atoms with E-state index in [2.05, 4.69) is 53.1 Å². The lowest BCUT2D eigenvalue weighted by atomic mass is 10.3. The van der Waals surface area contributed by atoms with Crippen molar-refractivity contribution >= 4 is 49.4 Å². The van der Waals surface area contributed by atoms with Crippen LogP contribution in [-0.4, -0.2) is 38.7 Å². The van der Waals surface area contributed by atoms with Crippen LogP contribution >= 0.6 is 23.2 Å². The Morgan fingerprint density at radius 1 is 0.710 bits per heavy atom. The Hall–Kier alpha value is -0.289. The highest BCUT2D eigenvalue weighted by Crippen LogP contribution is 2.41. The highest BCUT2D eigenvalue weighted by molar-refractivity contribution is 6.70. The Morgan fingerprint density at radius 3 is 1.32 bits per heavy atom. The third-order valence-electron chi connectivity index (χ3n) is 4.87. The fraction of sp³-hybridized carbons (Fsp3) is 0.636. The maximum absolute atomic E-state index is 6.62. The van der Waals surface area contributed by atoms with E-state index in [1.54, 1.807) is 0 Å². The van der Waals surface area contributed by atoms with E-state index in [0.29, 0.717) is 0 Å². The molecule has 2 unspecified atom stereocenters. The number of allylic oxidation sites excluding steroid dienone is 6. The fourth-order valence-corrected chi connectivity index (χ4v) is 8.99. The summed E-state index contributed by atoms with van der Waals surface area (Å²) in [5.41, 5.74) is 2.53. The minimum Gasteiger partial charge on any atom is -0.465 e. The molecule has 0 radical (unpaired) electrons. The van der Waals surface area contributed by atoms with E-state index >= 15 is 0 Å². The van der Waals surface area contributed by atoms with E-state index in [9.17, 15) is 0 Å². The van der Waals surface area contributed by atoms with Gasteiger partial charge in [0.1, 0.15) is 11.5 Å². The molecule has 0 aromatic rings. The predicted octanol–water partition coefficient (Wildman–Crippen LogP) is 6.84. The lowest BCUT2D eigenvalue weighted by molar-refractivity contribution is -0.0311. The Morgan fingerprint density at radius 2 is 1.03 bits per heavy atom. The summed E-state index contributed by atoms with van der Waals surface area (Å²) in [6.45, 7) is 21.1. The Labute approximate surface area is 202 Å². The summed E-state index contributed by atoms with van der Waals surface area (Å²) >= 11 is 13.2. The van der Waals surface area contributed by atoms with Crippen LogP contribution in [0.15, 0.2) is 43.1 Å². The number of halogens is 2. The monoisotopic (exact) mass is 520 g/mol. The van der Waals surface area contributed by atoms with Crippen molar-refractivity contribution in [3.8, 4) is 0 Å². The van der Waals surface area contributed by atoms with Gasteiger partial charge in [0.2, 0.25) is 0 Å². The first kappa shape index (κ1) is 27.0. The predicted molar refractivity (Wildman–Crippen MR) is 139 cm³/mol. The fourth-order valence-electron chi connectivity index (χ4n) is 3.84. The van der Waals surface area contributed by atoms with E-state index in [4.69, 9.17) is 41.5 Å². The van der Waals surface area contributed by atoms with Crippen LogP contribution in [0, 0.1) is 0 Å². The van der Waals surface area contributed by atoms with E-state index in [-0.39, 0.29) is 12.6 Å². The van der Waals surface area contributed by atoms with Gasteiger partial charge in [0.05, 0.1) is 19.6 Å². The van der Waals surface area contributed by atoms with Crippen molar-refractivity contribution in [3.05, 3.63) is 43.1 Å². The van der Waals surface area contributed by atoms with E-state index in [0.717, 1.165) is 34.4 Å². The van der Waals surface area contributed by atoms with Crippen molar-refractivity contribution in [2.45, 2.75) is 92.4 Å². The van der Waals surface area contributed by atoms with E-state index < -0.39 is 26.2 Å². The van der Waals surface area contributed by atoms with Crippen LogP contribution in [-0.2, 0) is 18.3 Å². The average Bonchev–Trinajstić information content (AvgIpc) is 2.94. The van der Waals surface area contributed by atoms with Gasteiger partial charge in [-0.3, -0.25) is 0 Å². The number of hydrogen-bond donors (Lipinski definition) is 0. The van der Waals surface area contributed by atoms with Gasteiger partial charge < -0.3 is 18.3 Å². The molecule has 9 heteroatoms. The molecule has 2 atom stereocenters. The first-order chi connectivity index (χ1) is 14.1. The second kappa shape index (κ2) is 10.3. The third-order valence-corrected chi connectivity index (χ3v) is 10.1. The molecule has 0 saturated carbocycles. The van der Waals surface area contributed by atoms with E-state index in [1.165, 1.54) is 21.5 Å². The lowest BCUT2D eigenvalue weighted by Crippen LogP contribution is -2.32. The van der Waals surface area contributed by atoms with E-state index in [1.807, 2.05) is 13.8 Å². The molecule has 2 aliphatic rings. The lowest BCUT2D eigenvalue weighted by Gasteiger charge is -2.27. The van der Waals surface area contributed by atoms with Crippen molar-refractivity contribution in [1.82, 2.24) is 0 Å². The van der Waals surface area contributed by atoms with Gasteiger partial charge in [-0.1, -0.05) is 34.3 Å². The molecule has 0 aromatic heterocycles. The largest absolute Gasteiger partial charge is 0.465 e. The zero-order valence-corrected chi connectivity index (χ0v) is 25.6. The average molecular weight is 522 g/mol.